The van der Waals surface area contributed by atoms with Gasteiger partial charge in [-0.2, -0.15) is 0 Å². The van der Waals surface area contributed by atoms with Crippen LogP contribution in [0.1, 0.15) is 20.3 Å². The molecule has 4 nitrogen and oxygen atoms in total. The predicted molar refractivity (Wildman–Crippen MR) is 55.3 cm³/mol. The van der Waals surface area contributed by atoms with Crippen LogP contribution in [0.4, 0.5) is 0 Å². The van der Waals surface area contributed by atoms with Crippen molar-refractivity contribution in [2.24, 2.45) is 5.92 Å². The van der Waals surface area contributed by atoms with Crippen molar-refractivity contribution >= 4 is 5.97 Å². The van der Waals surface area contributed by atoms with Gasteiger partial charge in [0.05, 0.1) is 0 Å². The first-order valence-electron chi connectivity index (χ1n) is 5.18. The fourth-order valence-corrected chi connectivity index (χ4v) is 2.17. The number of likely N-dealkylation sites (tertiary alicyclic amines) is 1. The van der Waals surface area contributed by atoms with Gasteiger partial charge in [-0.15, -0.1) is 0 Å². The number of nitrogens with one attached hydrogen (secondary N) is 1. The second kappa shape index (κ2) is 4.75. The minimum absolute atomic E-state index is 0.442. The minimum atomic E-state index is -0.765. The second-order valence-corrected chi connectivity index (χ2v) is 4.32. The van der Waals surface area contributed by atoms with Crippen molar-refractivity contribution in [2.75, 3.05) is 20.1 Å². The summed E-state index contributed by atoms with van der Waals surface area (Å²) in [5, 5.41) is 11.7. The quantitative estimate of drug-likeness (QED) is 0.689. The molecule has 0 amide bonds. The Labute approximate surface area is 85.3 Å². The molecule has 1 aliphatic heterocycles. The molecule has 1 fully saturated rings. The highest BCUT2D eigenvalue weighted by Crippen LogP contribution is 2.22. The zero-order chi connectivity index (χ0) is 10.7. The van der Waals surface area contributed by atoms with Crippen LogP contribution in [0.5, 0.6) is 0 Å². The number of hydrogen-bond acceptors (Lipinski definition) is 3. The Balaban J connectivity index is 2.46. The average molecular weight is 200 g/mol. The number of carbonyl (C=O) groups is 1. The molecule has 0 saturated carbocycles. The molecule has 0 aromatic heterocycles. The highest BCUT2D eigenvalue weighted by atomic mass is 16.4. The number of hydrogen-bond donors (Lipinski definition) is 2. The van der Waals surface area contributed by atoms with E-state index in [0.717, 1.165) is 6.54 Å². The molecule has 4 heteroatoms. The molecular weight excluding hydrogens is 180 g/mol. The van der Waals surface area contributed by atoms with Gasteiger partial charge in [-0.3, -0.25) is 9.69 Å². The summed E-state index contributed by atoms with van der Waals surface area (Å²) < 4.78 is 0. The van der Waals surface area contributed by atoms with Crippen LogP contribution in [0.25, 0.3) is 0 Å². The van der Waals surface area contributed by atoms with Crippen molar-refractivity contribution in [3.8, 4) is 0 Å². The van der Waals surface area contributed by atoms with Crippen LogP contribution in [0.2, 0.25) is 0 Å². The molecule has 1 heterocycles. The number of aliphatic carboxylic acids is 1. The van der Waals surface area contributed by atoms with Crippen LogP contribution in [0.3, 0.4) is 0 Å². The lowest BCUT2D eigenvalue weighted by atomic mass is 10.1. The summed E-state index contributed by atoms with van der Waals surface area (Å²) in [5.41, 5.74) is 0. The Morgan fingerprint density at radius 2 is 2.29 bits per heavy atom. The third-order valence-corrected chi connectivity index (χ3v) is 2.98. The maximum absolute atomic E-state index is 10.8. The van der Waals surface area contributed by atoms with E-state index in [4.69, 9.17) is 5.11 Å². The van der Waals surface area contributed by atoms with Gasteiger partial charge in [0.2, 0.25) is 0 Å². The SMILES string of the molecule is CNC(CN1CC(C)CC1C)C(=O)O. The summed E-state index contributed by atoms with van der Waals surface area (Å²) in [4.78, 5) is 13.1. The maximum Gasteiger partial charge on any atom is 0.322 e. The fourth-order valence-electron chi connectivity index (χ4n) is 2.17. The monoisotopic (exact) mass is 200 g/mol. The first-order chi connectivity index (χ1) is 6.54. The molecular formula is C10H20N2O2. The molecule has 0 aromatic carbocycles. The van der Waals surface area contributed by atoms with Crippen LogP contribution >= 0.6 is 0 Å². The Hall–Kier alpha value is -0.610. The predicted octanol–water partition coefficient (Wildman–Crippen LogP) is 0.389. The second-order valence-electron chi connectivity index (χ2n) is 4.32. The topological polar surface area (TPSA) is 52.6 Å². The van der Waals surface area contributed by atoms with E-state index in [-0.39, 0.29) is 0 Å². The van der Waals surface area contributed by atoms with E-state index < -0.39 is 12.0 Å². The molecule has 0 spiro atoms. The van der Waals surface area contributed by atoms with Crippen LogP contribution in [0.15, 0.2) is 0 Å². The lowest BCUT2D eigenvalue weighted by Crippen LogP contribution is -2.45. The van der Waals surface area contributed by atoms with Gasteiger partial charge >= 0.3 is 5.97 Å². The van der Waals surface area contributed by atoms with Crippen molar-refractivity contribution in [1.29, 1.82) is 0 Å². The highest BCUT2D eigenvalue weighted by molar-refractivity contribution is 5.73. The lowest BCUT2D eigenvalue weighted by molar-refractivity contribution is -0.139. The highest BCUT2D eigenvalue weighted by Gasteiger charge is 2.29. The molecule has 3 unspecified atom stereocenters. The molecule has 1 saturated heterocycles. The molecule has 0 bridgehead atoms. The molecule has 82 valence electrons. The molecule has 3 atom stereocenters. The number of nitrogens with zero attached hydrogens (tertiary/aromatic N) is 1. The Bertz CT molecular complexity index is 208. The molecule has 0 radical (unpaired) electrons. The summed E-state index contributed by atoms with van der Waals surface area (Å²) in [6.45, 7) is 6.01. The summed E-state index contributed by atoms with van der Waals surface area (Å²) >= 11 is 0. The zero-order valence-corrected chi connectivity index (χ0v) is 9.16. The summed E-state index contributed by atoms with van der Waals surface area (Å²) in [7, 11) is 1.70. The molecule has 1 aliphatic rings. The molecule has 14 heavy (non-hydrogen) atoms. The molecule has 0 aromatic rings. The Kier molecular flexibility index (Phi) is 3.89. The van der Waals surface area contributed by atoms with Crippen LogP contribution < -0.4 is 5.32 Å². The Morgan fingerprint density at radius 1 is 1.64 bits per heavy atom. The smallest absolute Gasteiger partial charge is 0.322 e. The minimum Gasteiger partial charge on any atom is -0.480 e. The molecule has 2 N–H and O–H groups in total. The molecule has 1 rings (SSSR count). The Morgan fingerprint density at radius 3 is 2.64 bits per heavy atom. The van der Waals surface area contributed by atoms with Crippen LogP contribution in [0, 0.1) is 5.92 Å². The van der Waals surface area contributed by atoms with E-state index in [0.29, 0.717) is 18.5 Å². The molecule has 0 aliphatic carbocycles. The van der Waals surface area contributed by atoms with Crippen molar-refractivity contribution in [3.05, 3.63) is 0 Å². The average Bonchev–Trinajstić information content (AvgIpc) is 2.40. The summed E-state index contributed by atoms with van der Waals surface area (Å²) in [5.74, 6) is -0.0736. The van der Waals surface area contributed by atoms with E-state index in [2.05, 4.69) is 24.1 Å². The number of rotatable bonds is 4. The van der Waals surface area contributed by atoms with Crippen molar-refractivity contribution in [3.63, 3.8) is 0 Å². The van der Waals surface area contributed by atoms with Gasteiger partial charge in [0.1, 0.15) is 6.04 Å². The van der Waals surface area contributed by atoms with E-state index in [1.807, 2.05) is 0 Å². The standard InChI is InChI=1S/C10H20N2O2/c1-7-4-8(2)12(5-7)6-9(11-3)10(13)14/h7-9,11H,4-6H2,1-3H3,(H,13,14). The van der Waals surface area contributed by atoms with Crippen molar-refractivity contribution in [1.82, 2.24) is 10.2 Å². The summed E-state index contributed by atoms with van der Waals surface area (Å²) in [6.07, 6.45) is 1.18. The van der Waals surface area contributed by atoms with Gasteiger partial charge in [-0.1, -0.05) is 6.92 Å². The number of carboxylic acid groups (broad SMARTS) is 1. The summed E-state index contributed by atoms with van der Waals surface area (Å²) in [6, 6.07) is 0.0722. The maximum atomic E-state index is 10.8. The number of carboxylic acids is 1. The first-order valence-corrected chi connectivity index (χ1v) is 5.18. The zero-order valence-electron chi connectivity index (χ0n) is 9.16. The fraction of sp³-hybridized carbons (Fsp3) is 0.900. The van der Waals surface area contributed by atoms with Gasteiger partial charge in [-0.05, 0) is 26.3 Å². The lowest BCUT2D eigenvalue weighted by Gasteiger charge is -2.24. The largest absolute Gasteiger partial charge is 0.480 e. The van der Waals surface area contributed by atoms with Gasteiger partial charge in [0.15, 0.2) is 0 Å². The van der Waals surface area contributed by atoms with E-state index in [1.165, 1.54) is 6.42 Å². The van der Waals surface area contributed by atoms with Crippen LogP contribution in [-0.4, -0.2) is 48.2 Å². The van der Waals surface area contributed by atoms with Crippen molar-refractivity contribution < 1.29 is 9.90 Å². The van der Waals surface area contributed by atoms with Gasteiger partial charge < -0.3 is 10.4 Å². The third kappa shape index (κ3) is 2.69. The van der Waals surface area contributed by atoms with Gasteiger partial charge in [0, 0.05) is 19.1 Å². The van der Waals surface area contributed by atoms with Gasteiger partial charge in [0.25, 0.3) is 0 Å². The normalized spacial score (nSPS) is 30.5. The van der Waals surface area contributed by atoms with E-state index in [9.17, 15) is 4.79 Å². The first kappa shape index (κ1) is 11.5. The van der Waals surface area contributed by atoms with E-state index in [1.54, 1.807) is 7.05 Å². The third-order valence-electron chi connectivity index (χ3n) is 2.98. The number of likely N-dealkylation sites (N-methyl/N-ethyl adjacent to an activating group) is 1. The van der Waals surface area contributed by atoms with Crippen molar-refractivity contribution in [2.45, 2.75) is 32.4 Å². The van der Waals surface area contributed by atoms with Gasteiger partial charge in [-0.25, -0.2) is 0 Å². The van der Waals surface area contributed by atoms with E-state index >= 15 is 0 Å². The van der Waals surface area contributed by atoms with Crippen LogP contribution in [-0.2, 0) is 4.79 Å².